The fraction of sp³-hybridized carbons (Fsp3) is 0.467. The van der Waals surface area contributed by atoms with Crippen LogP contribution in [0.25, 0.3) is 0 Å². The van der Waals surface area contributed by atoms with Crippen LogP contribution in [0.3, 0.4) is 0 Å². The number of nitrogens with zero attached hydrogens (tertiary/aromatic N) is 2. The Morgan fingerprint density at radius 3 is 2.62 bits per heavy atom. The second-order valence-electron chi connectivity index (χ2n) is 5.62. The molecular formula is C15H21N3O3. The molecule has 114 valence electrons. The Hall–Kier alpha value is -2.08. The molecule has 1 heterocycles. The lowest BCUT2D eigenvalue weighted by Gasteiger charge is -2.21. The molecule has 0 saturated carbocycles. The van der Waals surface area contributed by atoms with Crippen LogP contribution in [0.1, 0.15) is 22.3 Å². The summed E-state index contributed by atoms with van der Waals surface area (Å²) in [6.45, 7) is 3.24. The first-order valence-corrected chi connectivity index (χ1v) is 6.95. The number of hydrogen-bond acceptors (Lipinski definition) is 3. The lowest BCUT2D eigenvalue weighted by molar-refractivity contribution is 0.0697. The summed E-state index contributed by atoms with van der Waals surface area (Å²) in [6, 6.07) is 4.95. The number of carbonyl (C=O) groups is 2. The maximum atomic E-state index is 12.2. The number of urea groups is 1. The van der Waals surface area contributed by atoms with Crippen LogP contribution in [-0.2, 0) is 0 Å². The van der Waals surface area contributed by atoms with Crippen LogP contribution in [0.4, 0.5) is 10.5 Å². The molecule has 1 aliphatic rings. The van der Waals surface area contributed by atoms with E-state index in [-0.39, 0.29) is 11.6 Å². The Labute approximate surface area is 124 Å². The molecule has 1 aromatic carbocycles. The fourth-order valence-corrected chi connectivity index (χ4v) is 2.48. The summed E-state index contributed by atoms with van der Waals surface area (Å²) in [5, 5.41) is 11.8. The molecule has 1 atom stereocenters. The molecule has 0 bridgehead atoms. The number of amides is 2. The van der Waals surface area contributed by atoms with E-state index in [0.29, 0.717) is 18.3 Å². The maximum absolute atomic E-state index is 12.2. The van der Waals surface area contributed by atoms with Crippen LogP contribution < -0.4 is 5.32 Å². The standard InChI is InChI=1S/C15H21N3O3/c1-10-8-11(14(19)20)4-5-13(10)16-15(21)18-7-6-12(9-18)17(2)3/h4-5,8,12H,6-7,9H2,1-3H3,(H,16,21)(H,19,20). The third-order valence-corrected chi connectivity index (χ3v) is 3.90. The molecule has 1 fully saturated rings. The lowest BCUT2D eigenvalue weighted by Crippen LogP contribution is -2.36. The monoisotopic (exact) mass is 291 g/mol. The molecule has 0 aromatic heterocycles. The van der Waals surface area contributed by atoms with Crippen LogP contribution in [-0.4, -0.2) is 60.1 Å². The second kappa shape index (κ2) is 6.13. The summed E-state index contributed by atoms with van der Waals surface area (Å²) < 4.78 is 0. The molecule has 1 aliphatic heterocycles. The van der Waals surface area contributed by atoms with Gasteiger partial charge in [-0.05, 0) is 51.2 Å². The number of carbonyl (C=O) groups excluding carboxylic acids is 1. The molecule has 1 unspecified atom stereocenters. The second-order valence-corrected chi connectivity index (χ2v) is 5.62. The van der Waals surface area contributed by atoms with E-state index in [1.54, 1.807) is 24.0 Å². The van der Waals surface area contributed by atoms with Crippen molar-refractivity contribution in [3.63, 3.8) is 0 Å². The Morgan fingerprint density at radius 1 is 1.38 bits per heavy atom. The molecule has 1 aromatic rings. The number of aryl methyl sites for hydroxylation is 1. The van der Waals surface area contributed by atoms with Gasteiger partial charge in [-0.15, -0.1) is 0 Å². The molecule has 0 radical (unpaired) electrons. The fourth-order valence-electron chi connectivity index (χ4n) is 2.48. The van der Waals surface area contributed by atoms with Crippen molar-refractivity contribution in [2.75, 3.05) is 32.5 Å². The number of anilines is 1. The molecule has 2 amide bonds. The lowest BCUT2D eigenvalue weighted by atomic mass is 10.1. The molecular weight excluding hydrogens is 270 g/mol. The van der Waals surface area contributed by atoms with Crippen LogP contribution in [0.2, 0.25) is 0 Å². The number of likely N-dealkylation sites (tertiary alicyclic amines) is 1. The maximum Gasteiger partial charge on any atom is 0.335 e. The highest BCUT2D eigenvalue weighted by atomic mass is 16.4. The average Bonchev–Trinajstić information content (AvgIpc) is 2.90. The van der Waals surface area contributed by atoms with Crippen molar-refractivity contribution >= 4 is 17.7 Å². The van der Waals surface area contributed by atoms with Gasteiger partial charge in [-0.1, -0.05) is 0 Å². The predicted molar refractivity (Wildman–Crippen MR) is 80.8 cm³/mol. The molecule has 6 nitrogen and oxygen atoms in total. The minimum atomic E-state index is -0.968. The summed E-state index contributed by atoms with van der Waals surface area (Å²) in [7, 11) is 4.03. The molecule has 2 N–H and O–H groups in total. The van der Waals surface area contributed by atoms with Gasteiger partial charge in [0.05, 0.1) is 5.56 Å². The van der Waals surface area contributed by atoms with Gasteiger partial charge in [-0.2, -0.15) is 0 Å². The predicted octanol–water partition coefficient (Wildman–Crippen LogP) is 1.86. The molecule has 6 heteroatoms. The van der Waals surface area contributed by atoms with E-state index in [4.69, 9.17) is 5.11 Å². The van der Waals surface area contributed by atoms with E-state index in [1.165, 1.54) is 6.07 Å². The smallest absolute Gasteiger partial charge is 0.335 e. The molecule has 0 aliphatic carbocycles. The largest absolute Gasteiger partial charge is 0.478 e. The van der Waals surface area contributed by atoms with Crippen LogP contribution in [0, 0.1) is 6.92 Å². The summed E-state index contributed by atoms with van der Waals surface area (Å²) in [5.74, 6) is -0.968. The zero-order valence-electron chi connectivity index (χ0n) is 12.6. The zero-order valence-corrected chi connectivity index (χ0v) is 12.6. The summed E-state index contributed by atoms with van der Waals surface area (Å²) >= 11 is 0. The van der Waals surface area contributed by atoms with Crippen molar-refractivity contribution in [1.82, 2.24) is 9.80 Å². The molecule has 21 heavy (non-hydrogen) atoms. The average molecular weight is 291 g/mol. The zero-order chi connectivity index (χ0) is 15.6. The number of benzene rings is 1. The highest BCUT2D eigenvalue weighted by molar-refractivity contribution is 5.92. The number of aromatic carboxylic acids is 1. The Kier molecular flexibility index (Phi) is 4.47. The van der Waals surface area contributed by atoms with E-state index in [9.17, 15) is 9.59 Å². The summed E-state index contributed by atoms with van der Waals surface area (Å²) in [4.78, 5) is 27.0. The molecule has 0 spiro atoms. The van der Waals surface area contributed by atoms with Crippen molar-refractivity contribution in [2.45, 2.75) is 19.4 Å². The minimum Gasteiger partial charge on any atom is -0.478 e. The number of nitrogens with one attached hydrogen (secondary N) is 1. The van der Waals surface area contributed by atoms with Crippen molar-refractivity contribution in [3.05, 3.63) is 29.3 Å². The Balaban J connectivity index is 2.02. The van der Waals surface area contributed by atoms with E-state index in [0.717, 1.165) is 18.5 Å². The van der Waals surface area contributed by atoms with Gasteiger partial charge in [0.25, 0.3) is 0 Å². The van der Waals surface area contributed by atoms with E-state index >= 15 is 0 Å². The van der Waals surface area contributed by atoms with Crippen LogP contribution in [0.5, 0.6) is 0 Å². The van der Waals surface area contributed by atoms with Gasteiger partial charge in [-0.3, -0.25) is 0 Å². The third-order valence-electron chi connectivity index (χ3n) is 3.90. The SMILES string of the molecule is Cc1cc(C(=O)O)ccc1NC(=O)N1CCC(N(C)C)C1. The van der Waals surface area contributed by atoms with Crippen molar-refractivity contribution in [3.8, 4) is 0 Å². The third kappa shape index (κ3) is 3.52. The number of carboxylic acids is 1. The number of likely N-dealkylation sites (N-methyl/N-ethyl adjacent to an activating group) is 1. The minimum absolute atomic E-state index is 0.134. The first kappa shape index (κ1) is 15.3. The van der Waals surface area contributed by atoms with Gasteiger partial charge < -0.3 is 20.2 Å². The van der Waals surface area contributed by atoms with Gasteiger partial charge in [0, 0.05) is 24.8 Å². The van der Waals surface area contributed by atoms with Crippen molar-refractivity contribution in [2.24, 2.45) is 0 Å². The molecule has 2 rings (SSSR count). The first-order chi connectivity index (χ1) is 9.88. The van der Waals surface area contributed by atoms with Gasteiger partial charge in [0.15, 0.2) is 0 Å². The van der Waals surface area contributed by atoms with Gasteiger partial charge in [0.1, 0.15) is 0 Å². The topological polar surface area (TPSA) is 72.9 Å². The van der Waals surface area contributed by atoms with Crippen molar-refractivity contribution < 1.29 is 14.7 Å². The molecule has 1 saturated heterocycles. The highest BCUT2D eigenvalue weighted by Gasteiger charge is 2.27. The first-order valence-electron chi connectivity index (χ1n) is 6.95. The van der Waals surface area contributed by atoms with E-state index in [2.05, 4.69) is 10.2 Å². The van der Waals surface area contributed by atoms with E-state index in [1.807, 2.05) is 14.1 Å². The van der Waals surface area contributed by atoms with Gasteiger partial charge in [0.2, 0.25) is 0 Å². The summed E-state index contributed by atoms with van der Waals surface area (Å²) in [6.07, 6.45) is 0.970. The summed E-state index contributed by atoms with van der Waals surface area (Å²) in [5.41, 5.74) is 1.62. The van der Waals surface area contributed by atoms with E-state index < -0.39 is 5.97 Å². The normalized spacial score (nSPS) is 18.1. The highest BCUT2D eigenvalue weighted by Crippen LogP contribution is 2.19. The quantitative estimate of drug-likeness (QED) is 0.891. The number of hydrogen-bond donors (Lipinski definition) is 2. The van der Waals surface area contributed by atoms with Gasteiger partial charge in [-0.25, -0.2) is 9.59 Å². The Morgan fingerprint density at radius 2 is 2.10 bits per heavy atom. The number of carboxylic acid groups (broad SMARTS) is 1. The number of rotatable bonds is 3. The van der Waals surface area contributed by atoms with Crippen LogP contribution >= 0.6 is 0 Å². The Bertz CT molecular complexity index is 557. The van der Waals surface area contributed by atoms with Gasteiger partial charge >= 0.3 is 12.0 Å². The van der Waals surface area contributed by atoms with Crippen LogP contribution in [0.15, 0.2) is 18.2 Å². The van der Waals surface area contributed by atoms with Crippen molar-refractivity contribution in [1.29, 1.82) is 0 Å².